The predicted molar refractivity (Wildman–Crippen MR) is 105 cm³/mol. The van der Waals surface area contributed by atoms with Gasteiger partial charge in [-0.2, -0.15) is 0 Å². The number of amides is 2. The fourth-order valence-electron chi connectivity index (χ4n) is 3.72. The quantitative estimate of drug-likeness (QED) is 0.700. The highest BCUT2D eigenvalue weighted by Crippen LogP contribution is 2.39. The lowest BCUT2D eigenvalue weighted by molar-refractivity contribution is 0.102. The van der Waals surface area contributed by atoms with E-state index in [1.54, 1.807) is 30.3 Å². The smallest absolute Gasteiger partial charge is 0.405 e. The number of anilines is 1. The maximum Gasteiger partial charge on any atom is 0.405 e. The second-order valence-corrected chi connectivity index (χ2v) is 6.82. The van der Waals surface area contributed by atoms with Gasteiger partial charge >= 0.3 is 6.09 Å². The van der Waals surface area contributed by atoms with Gasteiger partial charge in [-0.25, -0.2) is 4.79 Å². The van der Waals surface area contributed by atoms with Crippen LogP contribution >= 0.6 is 0 Å². The maximum atomic E-state index is 12.5. The average Bonchev–Trinajstić information content (AvgIpc) is 3.16. The molecule has 1 aliphatic carbocycles. The van der Waals surface area contributed by atoms with Gasteiger partial charge in [0.15, 0.2) is 11.5 Å². The summed E-state index contributed by atoms with van der Waals surface area (Å²) in [6, 6.07) is 12.3. The van der Waals surface area contributed by atoms with Crippen molar-refractivity contribution in [2.24, 2.45) is 0 Å². The Labute approximate surface area is 163 Å². The Hall–Kier alpha value is -3.22. The Morgan fingerprint density at radius 3 is 2.18 bits per heavy atom. The number of hydrogen-bond acceptors (Lipinski definition) is 4. The zero-order valence-electron chi connectivity index (χ0n) is 16.0. The first-order valence-corrected chi connectivity index (χ1v) is 9.12. The fraction of sp³-hybridized carbons (Fsp3) is 0.333. The Balaban J connectivity index is 1.75. The molecule has 3 rings (SSSR count). The molecule has 7 heteroatoms. The number of carbonyl (C=O) groups is 2. The number of ether oxygens (including phenoxy) is 2. The highest BCUT2D eigenvalue weighted by molar-refractivity contribution is 6.04. The van der Waals surface area contributed by atoms with Crippen LogP contribution in [0, 0.1) is 0 Å². The first-order chi connectivity index (χ1) is 13.5. The van der Waals surface area contributed by atoms with Crippen molar-refractivity contribution < 1.29 is 24.2 Å². The molecule has 0 spiro atoms. The normalized spacial score (nSPS) is 14.9. The minimum Gasteiger partial charge on any atom is -0.493 e. The number of nitrogens with one attached hydrogen (secondary N) is 2. The van der Waals surface area contributed by atoms with Crippen molar-refractivity contribution in [3.8, 4) is 11.5 Å². The summed E-state index contributed by atoms with van der Waals surface area (Å²) < 4.78 is 10.4. The molecule has 0 atom stereocenters. The van der Waals surface area contributed by atoms with E-state index in [9.17, 15) is 14.7 Å². The van der Waals surface area contributed by atoms with Crippen molar-refractivity contribution in [2.75, 3.05) is 19.5 Å². The van der Waals surface area contributed by atoms with E-state index in [-0.39, 0.29) is 5.91 Å². The Morgan fingerprint density at radius 1 is 0.964 bits per heavy atom. The van der Waals surface area contributed by atoms with Crippen molar-refractivity contribution >= 4 is 17.7 Å². The van der Waals surface area contributed by atoms with Crippen molar-refractivity contribution in [3.05, 3.63) is 53.6 Å². The second-order valence-electron chi connectivity index (χ2n) is 6.82. The van der Waals surface area contributed by atoms with Crippen molar-refractivity contribution in [1.29, 1.82) is 0 Å². The molecule has 0 aromatic heterocycles. The number of carbonyl (C=O) groups excluding carboxylic acids is 1. The third kappa shape index (κ3) is 4.03. The predicted octanol–water partition coefficient (Wildman–Crippen LogP) is 3.99. The van der Waals surface area contributed by atoms with Gasteiger partial charge < -0.3 is 25.2 Å². The van der Waals surface area contributed by atoms with Crippen LogP contribution in [-0.2, 0) is 5.54 Å². The van der Waals surface area contributed by atoms with Crippen LogP contribution in [0.4, 0.5) is 10.5 Å². The SMILES string of the molecule is COc1ccc(C(=O)Nc2ccc(C3(NC(=O)O)CCCC3)cc2)cc1OC. The van der Waals surface area contributed by atoms with Crippen LogP contribution in [0.25, 0.3) is 0 Å². The van der Waals surface area contributed by atoms with Gasteiger partial charge in [-0.1, -0.05) is 25.0 Å². The molecule has 2 aromatic carbocycles. The summed E-state index contributed by atoms with van der Waals surface area (Å²) in [7, 11) is 3.05. The molecule has 0 radical (unpaired) electrons. The third-order valence-corrected chi connectivity index (χ3v) is 5.14. The third-order valence-electron chi connectivity index (χ3n) is 5.14. The zero-order valence-corrected chi connectivity index (χ0v) is 16.0. The average molecular weight is 384 g/mol. The van der Waals surface area contributed by atoms with Gasteiger partial charge in [0, 0.05) is 11.3 Å². The molecule has 148 valence electrons. The molecule has 28 heavy (non-hydrogen) atoms. The van der Waals surface area contributed by atoms with E-state index < -0.39 is 11.6 Å². The van der Waals surface area contributed by atoms with Crippen LogP contribution in [0.1, 0.15) is 41.6 Å². The van der Waals surface area contributed by atoms with E-state index >= 15 is 0 Å². The summed E-state index contributed by atoms with van der Waals surface area (Å²) in [4.78, 5) is 23.7. The zero-order chi connectivity index (χ0) is 20.1. The Kier molecular flexibility index (Phi) is 5.73. The molecule has 0 heterocycles. The highest BCUT2D eigenvalue weighted by Gasteiger charge is 2.37. The molecule has 0 bridgehead atoms. The highest BCUT2D eigenvalue weighted by atomic mass is 16.5. The summed E-state index contributed by atoms with van der Waals surface area (Å²) in [6.45, 7) is 0. The van der Waals surface area contributed by atoms with Crippen LogP contribution in [-0.4, -0.2) is 31.3 Å². The lowest BCUT2D eigenvalue weighted by Crippen LogP contribution is -2.43. The van der Waals surface area contributed by atoms with Crippen LogP contribution in [0.3, 0.4) is 0 Å². The fourth-order valence-corrected chi connectivity index (χ4v) is 3.72. The number of rotatable bonds is 6. The molecule has 1 saturated carbocycles. The molecule has 2 amide bonds. The largest absolute Gasteiger partial charge is 0.493 e. The number of methoxy groups -OCH3 is 2. The molecule has 1 fully saturated rings. The minimum absolute atomic E-state index is 0.270. The molecule has 2 aromatic rings. The number of hydrogen-bond donors (Lipinski definition) is 3. The standard InChI is InChI=1S/C21H24N2O5/c1-27-17-10-5-14(13-18(17)28-2)19(24)22-16-8-6-15(7-9-16)21(23-20(25)26)11-3-4-12-21/h5-10,13,23H,3-4,11-12H2,1-2H3,(H,22,24)(H,25,26). The monoisotopic (exact) mass is 384 g/mol. The molecule has 1 aliphatic rings. The van der Waals surface area contributed by atoms with Crippen molar-refractivity contribution in [3.63, 3.8) is 0 Å². The summed E-state index contributed by atoms with van der Waals surface area (Å²) in [5.74, 6) is 0.762. The number of benzene rings is 2. The molecule has 0 unspecified atom stereocenters. The molecule has 0 aliphatic heterocycles. The van der Waals surface area contributed by atoms with Gasteiger partial charge in [0.1, 0.15) is 0 Å². The van der Waals surface area contributed by atoms with Gasteiger partial charge in [0.2, 0.25) is 0 Å². The van der Waals surface area contributed by atoms with Gasteiger partial charge in [-0.05, 0) is 48.7 Å². The molecule has 7 nitrogen and oxygen atoms in total. The number of carboxylic acid groups (broad SMARTS) is 1. The van der Waals surface area contributed by atoms with Crippen molar-refractivity contribution in [2.45, 2.75) is 31.2 Å². The van der Waals surface area contributed by atoms with E-state index in [1.807, 2.05) is 12.1 Å². The van der Waals surface area contributed by atoms with Crippen LogP contribution in [0.15, 0.2) is 42.5 Å². The van der Waals surface area contributed by atoms with Crippen LogP contribution < -0.4 is 20.1 Å². The summed E-state index contributed by atoms with van der Waals surface area (Å²) in [5.41, 5.74) is 1.45. The molecule has 3 N–H and O–H groups in total. The molecular weight excluding hydrogens is 360 g/mol. The second kappa shape index (κ2) is 8.21. The molecular formula is C21H24N2O5. The lowest BCUT2D eigenvalue weighted by Gasteiger charge is -2.29. The van der Waals surface area contributed by atoms with Gasteiger partial charge in [0.25, 0.3) is 5.91 Å². The van der Waals surface area contributed by atoms with E-state index in [0.717, 1.165) is 31.2 Å². The van der Waals surface area contributed by atoms with Crippen LogP contribution in [0.5, 0.6) is 11.5 Å². The van der Waals surface area contributed by atoms with E-state index in [4.69, 9.17) is 9.47 Å². The van der Waals surface area contributed by atoms with E-state index in [2.05, 4.69) is 10.6 Å². The first-order valence-electron chi connectivity index (χ1n) is 9.12. The first kappa shape index (κ1) is 19.5. The Morgan fingerprint density at radius 2 is 1.61 bits per heavy atom. The van der Waals surface area contributed by atoms with E-state index in [0.29, 0.717) is 22.7 Å². The van der Waals surface area contributed by atoms with E-state index in [1.165, 1.54) is 14.2 Å². The minimum atomic E-state index is -1.02. The van der Waals surface area contributed by atoms with Gasteiger partial charge in [0.05, 0.1) is 19.8 Å². The Bertz CT molecular complexity index is 858. The summed E-state index contributed by atoms with van der Waals surface area (Å²) in [5, 5.41) is 14.7. The summed E-state index contributed by atoms with van der Waals surface area (Å²) in [6.07, 6.45) is 2.50. The lowest BCUT2D eigenvalue weighted by atomic mass is 9.88. The topological polar surface area (TPSA) is 96.9 Å². The van der Waals surface area contributed by atoms with Gasteiger partial charge in [-0.15, -0.1) is 0 Å². The van der Waals surface area contributed by atoms with Gasteiger partial charge in [-0.3, -0.25) is 4.79 Å². The van der Waals surface area contributed by atoms with Crippen molar-refractivity contribution in [1.82, 2.24) is 5.32 Å². The van der Waals surface area contributed by atoms with Crippen LogP contribution in [0.2, 0.25) is 0 Å². The molecule has 0 saturated heterocycles. The maximum absolute atomic E-state index is 12.5. The summed E-state index contributed by atoms with van der Waals surface area (Å²) >= 11 is 0.